The van der Waals surface area contributed by atoms with E-state index in [1.165, 1.54) is 17.0 Å². The maximum atomic E-state index is 12.2. The Morgan fingerprint density at radius 2 is 1.89 bits per heavy atom. The van der Waals surface area contributed by atoms with E-state index in [1.54, 1.807) is 13.8 Å². The number of hydrogen-bond acceptors (Lipinski definition) is 4. The van der Waals surface area contributed by atoms with Gasteiger partial charge in [0.05, 0.1) is 12.0 Å². The lowest BCUT2D eigenvalue weighted by Gasteiger charge is -2.26. The summed E-state index contributed by atoms with van der Waals surface area (Å²) < 4.78 is 0. The van der Waals surface area contributed by atoms with Crippen LogP contribution < -0.4 is 0 Å². The van der Waals surface area contributed by atoms with Crippen LogP contribution >= 0.6 is 0 Å². The van der Waals surface area contributed by atoms with E-state index in [1.807, 2.05) is 0 Å². The van der Waals surface area contributed by atoms with Crippen molar-refractivity contribution in [3.8, 4) is 11.5 Å². The normalized spacial score (nSPS) is 10.5. The Morgan fingerprint density at radius 3 is 2.42 bits per heavy atom. The first-order valence-corrected chi connectivity index (χ1v) is 5.87. The fourth-order valence-electron chi connectivity index (χ4n) is 1.66. The Labute approximate surface area is 110 Å². The van der Waals surface area contributed by atoms with Gasteiger partial charge in [-0.1, -0.05) is 0 Å². The number of amides is 1. The summed E-state index contributed by atoms with van der Waals surface area (Å²) in [5.74, 6) is -1.89. The van der Waals surface area contributed by atoms with Gasteiger partial charge in [0, 0.05) is 12.6 Å². The molecule has 1 aromatic carbocycles. The second-order valence-corrected chi connectivity index (χ2v) is 4.44. The zero-order chi connectivity index (χ0) is 14.6. The Hall–Kier alpha value is -2.24. The van der Waals surface area contributed by atoms with Crippen LogP contribution in [0.25, 0.3) is 0 Å². The van der Waals surface area contributed by atoms with E-state index in [0.29, 0.717) is 0 Å². The number of carboxylic acids is 1. The van der Waals surface area contributed by atoms with Crippen molar-refractivity contribution in [1.82, 2.24) is 4.90 Å². The summed E-state index contributed by atoms with van der Waals surface area (Å²) in [6.45, 7) is 3.54. The molecule has 0 aliphatic heterocycles. The summed E-state index contributed by atoms with van der Waals surface area (Å²) in [6, 6.07) is 3.43. The standard InChI is InChI=1S/C13H17NO5/c1-8(2)14(6-5-12(17)18)13(19)10-7-9(15)3-4-11(10)16/h3-4,7-8,15-16H,5-6H2,1-2H3,(H,17,18). The number of aromatic hydroxyl groups is 2. The zero-order valence-electron chi connectivity index (χ0n) is 10.8. The molecule has 6 nitrogen and oxygen atoms in total. The number of phenols is 2. The fraction of sp³-hybridized carbons (Fsp3) is 0.385. The number of rotatable bonds is 5. The lowest BCUT2D eigenvalue weighted by Crippen LogP contribution is -2.38. The van der Waals surface area contributed by atoms with E-state index < -0.39 is 11.9 Å². The second kappa shape index (κ2) is 6.08. The molecule has 3 N–H and O–H groups in total. The van der Waals surface area contributed by atoms with Crippen molar-refractivity contribution in [3.05, 3.63) is 23.8 Å². The molecule has 0 bridgehead atoms. The van der Waals surface area contributed by atoms with Gasteiger partial charge in [-0.2, -0.15) is 0 Å². The van der Waals surface area contributed by atoms with E-state index in [4.69, 9.17) is 5.11 Å². The van der Waals surface area contributed by atoms with Gasteiger partial charge in [-0.3, -0.25) is 9.59 Å². The van der Waals surface area contributed by atoms with E-state index in [9.17, 15) is 19.8 Å². The molecule has 0 unspecified atom stereocenters. The molecular weight excluding hydrogens is 250 g/mol. The van der Waals surface area contributed by atoms with Crippen LogP contribution in [0.15, 0.2) is 18.2 Å². The number of nitrogens with zero attached hydrogens (tertiary/aromatic N) is 1. The molecule has 104 valence electrons. The molecule has 19 heavy (non-hydrogen) atoms. The molecule has 6 heteroatoms. The van der Waals surface area contributed by atoms with Gasteiger partial charge in [-0.25, -0.2) is 0 Å². The van der Waals surface area contributed by atoms with E-state index in [2.05, 4.69) is 0 Å². The number of hydrogen-bond donors (Lipinski definition) is 3. The smallest absolute Gasteiger partial charge is 0.305 e. The minimum atomic E-state index is -1.00. The van der Waals surface area contributed by atoms with Crippen LogP contribution in [0, 0.1) is 0 Å². The third-order valence-corrected chi connectivity index (χ3v) is 2.66. The number of carboxylic acid groups (broad SMARTS) is 1. The van der Waals surface area contributed by atoms with Gasteiger partial charge in [-0.05, 0) is 32.0 Å². The number of benzene rings is 1. The third kappa shape index (κ3) is 3.87. The maximum Gasteiger partial charge on any atom is 0.305 e. The highest BCUT2D eigenvalue weighted by Gasteiger charge is 2.22. The summed E-state index contributed by atoms with van der Waals surface area (Å²) in [6.07, 6.45) is -0.177. The number of phenolic OH excluding ortho intramolecular Hbond substituents is 2. The number of carbonyl (C=O) groups excluding carboxylic acids is 1. The summed E-state index contributed by atoms with van der Waals surface area (Å²) >= 11 is 0. The van der Waals surface area contributed by atoms with Crippen molar-refractivity contribution in [1.29, 1.82) is 0 Å². The Kier molecular flexibility index (Phi) is 4.74. The van der Waals surface area contributed by atoms with Crippen molar-refractivity contribution < 1.29 is 24.9 Å². The molecule has 0 saturated carbocycles. The zero-order valence-corrected chi connectivity index (χ0v) is 10.8. The van der Waals surface area contributed by atoms with Gasteiger partial charge in [0.15, 0.2) is 0 Å². The van der Waals surface area contributed by atoms with Crippen molar-refractivity contribution in [2.24, 2.45) is 0 Å². The Balaban J connectivity index is 2.99. The predicted molar refractivity (Wildman–Crippen MR) is 68.2 cm³/mol. The number of carbonyl (C=O) groups is 2. The lowest BCUT2D eigenvalue weighted by atomic mass is 10.1. The molecule has 0 fully saturated rings. The van der Waals surface area contributed by atoms with E-state index in [0.717, 1.165) is 6.07 Å². The predicted octanol–water partition coefficient (Wildman–Crippen LogP) is 1.42. The largest absolute Gasteiger partial charge is 0.508 e. The average molecular weight is 267 g/mol. The molecule has 0 heterocycles. The van der Waals surface area contributed by atoms with Crippen LogP contribution in [0.1, 0.15) is 30.6 Å². The minimum absolute atomic E-state index is 0.0425. The molecule has 0 spiro atoms. The molecule has 0 saturated heterocycles. The first-order chi connectivity index (χ1) is 8.82. The monoisotopic (exact) mass is 267 g/mol. The van der Waals surface area contributed by atoms with Crippen molar-refractivity contribution >= 4 is 11.9 Å². The van der Waals surface area contributed by atoms with Gasteiger partial charge in [-0.15, -0.1) is 0 Å². The van der Waals surface area contributed by atoms with Crippen molar-refractivity contribution in [2.45, 2.75) is 26.3 Å². The van der Waals surface area contributed by atoms with Crippen LogP contribution in [0.4, 0.5) is 0 Å². The molecule has 1 rings (SSSR count). The molecule has 1 amide bonds. The summed E-state index contributed by atoms with van der Waals surface area (Å²) in [5.41, 5.74) is -0.0425. The van der Waals surface area contributed by atoms with Crippen LogP contribution in [0.3, 0.4) is 0 Å². The second-order valence-electron chi connectivity index (χ2n) is 4.44. The quantitative estimate of drug-likeness (QED) is 0.701. The molecule has 0 radical (unpaired) electrons. The SMILES string of the molecule is CC(C)N(CCC(=O)O)C(=O)c1cc(O)ccc1O. The fourth-order valence-corrected chi connectivity index (χ4v) is 1.66. The van der Waals surface area contributed by atoms with Crippen molar-refractivity contribution in [2.75, 3.05) is 6.54 Å². The Bertz CT molecular complexity index is 484. The molecule has 0 aliphatic rings. The number of aliphatic carboxylic acids is 1. The summed E-state index contributed by atoms with van der Waals surface area (Å²) in [4.78, 5) is 24.1. The van der Waals surface area contributed by atoms with Gasteiger partial charge in [0.25, 0.3) is 5.91 Å². The highest BCUT2D eigenvalue weighted by molar-refractivity contribution is 5.97. The lowest BCUT2D eigenvalue weighted by molar-refractivity contribution is -0.137. The minimum Gasteiger partial charge on any atom is -0.508 e. The van der Waals surface area contributed by atoms with Crippen LogP contribution in [-0.2, 0) is 4.79 Å². The molecular formula is C13H17NO5. The van der Waals surface area contributed by atoms with Crippen LogP contribution in [0.2, 0.25) is 0 Å². The summed E-state index contributed by atoms with van der Waals surface area (Å²) in [5, 5.41) is 27.7. The molecule has 0 aliphatic carbocycles. The maximum absolute atomic E-state index is 12.2. The van der Waals surface area contributed by atoms with Gasteiger partial charge < -0.3 is 20.2 Å². The first kappa shape index (κ1) is 14.8. The van der Waals surface area contributed by atoms with E-state index in [-0.39, 0.29) is 36.1 Å². The van der Waals surface area contributed by atoms with Gasteiger partial charge in [0.1, 0.15) is 11.5 Å². The molecule has 1 aromatic rings. The highest BCUT2D eigenvalue weighted by Crippen LogP contribution is 2.24. The van der Waals surface area contributed by atoms with Crippen LogP contribution in [0.5, 0.6) is 11.5 Å². The molecule has 0 atom stereocenters. The topological polar surface area (TPSA) is 98.1 Å². The Morgan fingerprint density at radius 1 is 1.26 bits per heavy atom. The van der Waals surface area contributed by atoms with E-state index >= 15 is 0 Å². The summed E-state index contributed by atoms with van der Waals surface area (Å²) in [7, 11) is 0. The molecule has 0 aromatic heterocycles. The van der Waals surface area contributed by atoms with Gasteiger partial charge in [0.2, 0.25) is 0 Å². The average Bonchev–Trinajstić information content (AvgIpc) is 2.31. The highest BCUT2D eigenvalue weighted by atomic mass is 16.4. The first-order valence-electron chi connectivity index (χ1n) is 5.87. The van der Waals surface area contributed by atoms with Crippen LogP contribution in [-0.4, -0.2) is 44.7 Å². The van der Waals surface area contributed by atoms with Gasteiger partial charge >= 0.3 is 5.97 Å². The third-order valence-electron chi connectivity index (χ3n) is 2.66. The van der Waals surface area contributed by atoms with Crippen molar-refractivity contribution in [3.63, 3.8) is 0 Å².